The van der Waals surface area contributed by atoms with Crippen LogP contribution in [0.15, 0.2) is 46.3 Å². The van der Waals surface area contributed by atoms with E-state index in [4.69, 9.17) is 4.74 Å². The van der Waals surface area contributed by atoms with Gasteiger partial charge >= 0.3 is 19.4 Å². The third-order valence-electron chi connectivity index (χ3n) is 6.62. The van der Waals surface area contributed by atoms with Crippen LogP contribution in [0.1, 0.15) is 23.2 Å². The molecule has 2 heterocycles. The first-order chi connectivity index (χ1) is 20.3. The number of anilines is 1. The molecule has 1 N–H and O–H groups in total. The topological polar surface area (TPSA) is 126 Å². The minimum Gasteiger partial charge on any atom is -0.479 e. The summed E-state index contributed by atoms with van der Waals surface area (Å²) in [5.41, 5.74) is -5.07. The number of sulfonamides is 1. The largest absolute Gasteiger partial charge is 0.479 e. The van der Waals surface area contributed by atoms with E-state index in [2.05, 4.69) is 14.5 Å². The molecule has 44 heavy (non-hydrogen) atoms. The van der Waals surface area contributed by atoms with Crippen LogP contribution in [0.4, 0.5) is 40.8 Å². The van der Waals surface area contributed by atoms with Gasteiger partial charge in [0.15, 0.2) is 11.4 Å². The molecule has 0 aliphatic heterocycles. The Labute approximate surface area is 244 Å². The number of alkyl halides is 7. The molecule has 0 amide bonds. The van der Waals surface area contributed by atoms with E-state index in [-0.39, 0.29) is 3.97 Å². The van der Waals surface area contributed by atoms with Gasteiger partial charge < -0.3 is 14.2 Å². The highest BCUT2D eigenvalue weighted by atomic mass is 32.2. The molecule has 0 unspecified atom stereocenters. The van der Waals surface area contributed by atoms with Crippen molar-refractivity contribution >= 4 is 25.7 Å². The number of fused-ring (bicyclic) bond motifs is 1. The Bertz CT molecular complexity index is 1760. The van der Waals surface area contributed by atoms with E-state index in [1.54, 1.807) is 6.92 Å². The van der Waals surface area contributed by atoms with E-state index < -0.39 is 109 Å². The average molecular weight is 680 g/mol. The van der Waals surface area contributed by atoms with Crippen molar-refractivity contribution in [3.8, 4) is 11.8 Å². The molecule has 4 rings (SSSR count). The predicted octanol–water partition coefficient (Wildman–Crippen LogP) is 5.01. The maximum atomic E-state index is 14.4. The number of aromatic nitrogens is 2. The summed E-state index contributed by atoms with van der Waals surface area (Å²) >= 11 is 0. The highest BCUT2D eigenvalue weighted by molar-refractivity contribution is 7.93. The Morgan fingerprint density at radius 3 is 2.20 bits per heavy atom. The molecule has 0 saturated heterocycles. The van der Waals surface area contributed by atoms with Crippen LogP contribution in [-0.2, 0) is 37.6 Å². The van der Waals surface area contributed by atoms with Crippen molar-refractivity contribution in [3.63, 3.8) is 0 Å². The molecule has 1 aromatic carbocycles. The zero-order valence-corrected chi connectivity index (χ0v) is 24.0. The number of hydrogen-bond acceptors (Lipinski definition) is 8. The van der Waals surface area contributed by atoms with E-state index in [1.165, 1.54) is 12.1 Å². The van der Waals surface area contributed by atoms with E-state index in [1.807, 2.05) is 4.72 Å². The maximum Gasteiger partial charge on any atom is 0.418 e. The molecule has 0 radical (unpaired) electrons. The number of benzene rings is 1. The molecule has 1 aliphatic carbocycles. The van der Waals surface area contributed by atoms with E-state index in [0.29, 0.717) is 17.8 Å². The summed E-state index contributed by atoms with van der Waals surface area (Å²) in [4.78, 5) is 1.94. The molecule has 0 bridgehead atoms. The quantitative estimate of drug-likeness (QED) is 0.297. The van der Waals surface area contributed by atoms with Gasteiger partial charge in [0.25, 0.3) is 25.9 Å². The Morgan fingerprint density at radius 2 is 1.66 bits per heavy atom. The number of methoxy groups -OCH3 is 1. The van der Waals surface area contributed by atoms with Crippen LogP contribution in [0.5, 0.6) is 11.8 Å². The van der Waals surface area contributed by atoms with Crippen LogP contribution < -0.4 is 14.2 Å². The minimum absolute atomic E-state index is 0.228. The Kier molecular flexibility index (Phi) is 8.84. The molecule has 1 atom stereocenters. The van der Waals surface area contributed by atoms with Crippen LogP contribution in [0.2, 0.25) is 0 Å². The summed E-state index contributed by atoms with van der Waals surface area (Å²) in [5.74, 6) is -3.59. The fourth-order valence-corrected chi connectivity index (χ4v) is 7.39. The summed E-state index contributed by atoms with van der Waals surface area (Å²) in [7, 11) is -8.97. The van der Waals surface area contributed by atoms with Gasteiger partial charge in [-0.15, -0.1) is 0 Å². The monoisotopic (exact) mass is 679 g/mol. The van der Waals surface area contributed by atoms with Gasteiger partial charge in [-0.1, -0.05) is 17.7 Å². The van der Waals surface area contributed by atoms with E-state index in [0.717, 1.165) is 19.2 Å². The summed E-state index contributed by atoms with van der Waals surface area (Å²) in [6.45, 7) is -5.82. The van der Waals surface area contributed by atoms with Crippen molar-refractivity contribution in [2.24, 2.45) is 0 Å². The highest BCUT2D eigenvalue weighted by Crippen LogP contribution is 2.47. The molecule has 2 aromatic heterocycles. The summed E-state index contributed by atoms with van der Waals surface area (Å²) in [5, 5.41) is 0. The maximum absolute atomic E-state index is 14.4. The normalized spacial score (nSPS) is 17.5. The molecule has 0 spiro atoms. The van der Waals surface area contributed by atoms with Crippen molar-refractivity contribution in [1.82, 2.24) is 8.96 Å². The number of hydrogen-bond donors (Lipinski definition) is 1. The average Bonchev–Trinajstić information content (AvgIpc) is 3.29. The van der Waals surface area contributed by atoms with Crippen molar-refractivity contribution in [3.05, 3.63) is 59.2 Å². The summed E-state index contributed by atoms with van der Waals surface area (Å²) in [6, 6.07) is 5.27. The number of nitrogens with zero attached hydrogens (tertiary/aromatic N) is 2. The van der Waals surface area contributed by atoms with Crippen LogP contribution in [0, 0.1) is 12.7 Å². The van der Waals surface area contributed by atoms with Gasteiger partial charge in [-0.2, -0.15) is 35.7 Å². The lowest BCUT2D eigenvalue weighted by molar-refractivity contribution is -0.330. The summed E-state index contributed by atoms with van der Waals surface area (Å²) in [6.07, 6.45) is -8.61. The fourth-order valence-electron chi connectivity index (χ4n) is 4.58. The second-order valence-corrected chi connectivity index (χ2v) is 12.9. The summed E-state index contributed by atoms with van der Waals surface area (Å²) < 4.78 is 177. The molecule has 1 aliphatic rings. The first-order valence-electron chi connectivity index (χ1n) is 12.1. The fraction of sp³-hybridized carbons (Fsp3) is 0.375. The van der Waals surface area contributed by atoms with E-state index in [9.17, 15) is 52.0 Å². The lowest BCUT2D eigenvalue weighted by Gasteiger charge is -2.38. The molecular weight excluding hydrogens is 658 g/mol. The standard InChI is InChI=1S/C24H21F8N3O7S2/c1-12-3-5-13(6-4-12)44(38,39)35-11-18(14-7-8-23(10-17(14)35,24(30,31)32)42-22(28)29)43(36,37)34-16-9-15(25)19(41-21(26)27)33-20(16)40-2/h3-6,9,11,21-22,34H,7-8,10H2,1-2H3/t23-/m0/s1. The molecular formula is C24H21F8N3O7S2. The Balaban J connectivity index is 1.90. The van der Waals surface area contributed by atoms with Gasteiger partial charge in [-0.25, -0.2) is 25.2 Å². The van der Waals surface area contributed by atoms with Crippen LogP contribution in [0.25, 0.3) is 0 Å². The number of rotatable bonds is 10. The third-order valence-corrected chi connectivity index (χ3v) is 9.76. The second kappa shape index (κ2) is 11.7. The van der Waals surface area contributed by atoms with Crippen LogP contribution >= 0.6 is 0 Å². The Morgan fingerprint density at radius 1 is 1.02 bits per heavy atom. The number of pyridine rings is 1. The molecule has 0 fully saturated rings. The number of halogens is 8. The zero-order valence-electron chi connectivity index (χ0n) is 22.3. The third kappa shape index (κ3) is 6.27. The minimum atomic E-state index is -5.44. The smallest absolute Gasteiger partial charge is 0.418 e. The van der Waals surface area contributed by atoms with Gasteiger partial charge in [-0.3, -0.25) is 4.72 Å². The molecule has 242 valence electrons. The molecule has 0 saturated carbocycles. The van der Waals surface area contributed by atoms with Gasteiger partial charge in [-0.05, 0) is 37.5 Å². The number of aryl methyl sites for hydroxylation is 1. The van der Waals surface area contributed by atoms with Gasteiger partial charge in [0.2, 0.25) is 5.88 Å². The van der Waals surface area contributed by atoms with Gasteiger partial charge in [0.05, 0.1) is 12.0 Å². The number of ether oxygens (including phenoxy) is 3. The van der Waals surface area contributed by atoms with Crippen molar-refractivity contribution in [2.45, 2.75) is 61.0 Å². The lowest BCUT2D eigenvalue weighted by Crippen LogP contribution is -2.53. The predicted molar refractivity (Wildman–Crippen MR) is 134 cm³/mol. The first-order valence-corrected chi connectivity index (χ1v) is 15.0. The first kappa shape index (κ1) is 33.2. The second-order valence-electron chi connectivity index (χ2n) is 9.40. The SMILES string of the molecule is COc1nc(OC(F)F)c(F)cc1NS(=O)(=O)c1cn(S(=O)(=O)c2ccc(C)cc2)c2c1CC[C@@](OC(F)F)(C(F)(F)F)C2. The van der Waals surface area contributed by atoms with Crippen molar-refractivity contribution < 1.29 is 66.2 Å². The lowest BCUT2D eigenvalue weighted by atomic mass is 9.83. The number of nitrogens with one attached hydrogen (secondary N) is 1. The van der Waals surface area contributed by atoms with Crippen LogP contribution in [-0.4, -0.2) is 57.9 Å². The zero-order chi connectivity index (χ0) is 32.8. The van der Waals surface area contributed by atoms with Gasteiger partial charge in [0, 0.05) is 24.4 Å². The van der Waals surface area contributed by atoms with Crippen molar-refractivity contribution in [1.29, 1.82) is 0 Å². The van der Waals surface area contributed by atoms with E-state index >= 15 is 0 Å². The van der Waals surface area contributed by atoms with Crippen LogP contribution in [0.3, 0.4) is 0 Å². The van der Waals surface area contributed by atoms with Crippen molar-refractivity contribution in [2.75, 3.05) is 11.8 Å². The molecule has 3 aromatic rings. The highest BCUT2D eigenvalue weighted by Gasteiger charge is 2.60. The van der Waals surface area contributed by atoms with Gasteiger partial charge in [0.1, 0.15) is 10.6 Å². The Hall–Kier alpha value is -3.65. The molecule has 20 heteroatoms. The molecule has 10 nitrogen and oxygen atoms in total.